The van der Waals surface area contributed by atoms with Crippen molar-refractivity contribution in [2.75, 3.05) is 5.73 Å². The van der Waals surface area contributed by atoms with Gasteiger partial charge in [0.25, 0.3) is 0 Å². The predicted molar refractivity (Wildman–Crippen MR) is 53.4 cm³/mol. The highest BCUT2D eigenvalue weighted by Gasteiger charge is 1.87. The summed E-state index contributed by atoms with van der Waals surface area (Å²) in [7, 11) is 1.52. The molecule has 2 nitrogen and oxygen atoms in total. The van der Waals surface area contributed by atoms with Gasteiger partial charge in [-0.05, 0) is 23.8 Å². The second kappa shape index (κ2) is 3.76. The van der Waals surface area contributed by atoms with Crippen LogP contribution in [0.2, 0.25) is 0 Å². The van der Waals surface area contributed by atoms with Gasteiger partial charge in [-0.1, -0.05) is 18.2 Å². The maximum Gasteiger partial charge on any atom is 0.192 e. The lowest BCUT2D eigenvalue weighted by Gasteiger charge is -1.93. The molecule has 0 unspecified atom stereocenters. The number of carbonyl (C=O) groups is 1. The van der Waals surface area contributed by atoms with Gasteiger partial charge in [0, 0.05) is 5.69 Å². The van der Waals surface area contributed by atoms with E-state index in [9.17, 15) is 4.79 Å². The van der Waals surface area contributed by atoms with E-state index in [1.807, 2.05) is 12.1 Å². The van der Waals surface area contributed by atoms with Crippen LogP contribution in [0.1, 0.15) is 5.56 Å². The maximum atomic E-state index is 10.6. The fourth-order valence-electron chi connectivity index (χ4n) is 0.821. The third kappa shape index (κ3) is 2.62. The van der Waals surface area contributed by atoms with Crippen molar-refractivity contribution in [3.05, 3.63) is 35.9 Å². The Hall–Kier alpha value is -1.51. The number of hydrogen-bond donors (Lipinski definition) is 1. The van der Waals surface area contributed by atoms with E-state index in [4.69, 9.17) is 5.73 Å². The van der Waals surface area contributed by atoms with E-state index in [0.29, 0.717) is 0 Å². The van der Waals surface area contributed by atoms with Crippen LogP contribution in [0.3, 0.4) is 0 Å². The molecule has 1 rings (SSSR count). The molecular formula is C9H10BNO. The van der Waals surface area contributed by atoms with Crippen molar-refractivity contribution in [1.82, 2.24) is 0 Å². The Morgan fingerprint density at radius 1 is 1.33 bits per heavy atom. The van der Waals surface area contributed by atoms with E-state index < -0.39 is 0 Å². The molecule has 0 saturated carbocycles. The fourth-order valence-corrected chi connectivity index (χ4v) is 0.821. The predicted octanol–water partition coefficient (Wildman–Crippen LogP) is 0.442. The van der Waals surface area contributed by atoms with Gasteiger partial charge in [0.15, 0.2) is 7.85 Å². The highest BCUT2D eigenvalue weighted by atomic mass is 16.1. The molecule has 0 saturated heterocycles. The van der Waals surface area contributed by atoms with Crippen LogP contribution in [0.15, 0.2) is 30.3 Å². The molecule has 60 valence electrons. The Bertz CT molecular complexity index is 303. The van der Waals surface area contributed by atoms with Crippen molar-refractivity contribution in [1.29, 1.82) is 0 Å². The first-order valence-electron chi connectivity index (χ1n) is 3.72. The highest BCUT2D eigenvalue weighted by molar-refractivity contribution is 6.61. The molecule has 0 aromatic heterocycles. The monoisotopic (exact) mass is 159 g/mol. The number of carbonyl (C=O) groups excluding carboxylic acids is 1. The molecular weight excluding hydrogens is 149 g/mol. The van der Waals surface area contributed by atoms with E-state index in [1.165, 1.54) is 13.9 Å². The quantitative estimate of drug-likeness (QED) is 0.386. The minimum absolute atomic E-state index is 0.0480. The second-order valence-electron chi connectivity index (χ2n) is 2.61. The summed E-state index contributed by atoms with van der Waals surface area (Å²) in [5.74, 6) is 0. The van der Waals surface area contributed by atoms with Crippen molar-refractivity contribution >= 4 is 25.3 Å². The van der Waals surface area contributed by atoms with Crippen LogP contribution >= 0.6 is 0 Å². The number of anilines is 1. The Balaban J connectivity index is 2.77. The molecule has 3 heteroatoms. The van der Waals surface area contributed by atoms with Crippen molar-refractivity contribution < 1.29 is 4.79 Å². The SMILES string of the molecule is BC(=O)/C=C/c1ccc(N)cc1. The summed E-state index contributed by atoms with van der Waals surface area (Å²) in [6.07, 6.45) is 3.30. The molecule has 0 bridgehead atoms. The van der Waals surface area contributed by atoms with Crippen LogP contribution in [0.25, 0.3) is 6.08 Å². The molecule has 0 radical (unpaired) electrons. The Kier molecular flexibility index (Phi) is 2.69. The number of benzene rings is 1. The van der Waals surface area contributed by atoms with Gasteiger partial charge < -0.3 is 10.5 Å². The topological polar surface area (TPSA) is 43.1 Å². The minimum atomic E-state index is 0.0480. The number of nitrogen functional groups attached to an aromatic ring is 1. The average molecular weight is 159 g/mol. The van der Waals surface area contributed by atoms with Gasteiger partial charge in [0.05, 0.1) is 0 Å². The standard InChI is InChI=1S/C9H10BNO/c10-9(12)6-3-7-1-4-8(11)5-2-7/h1-6H,10-11H2/b6-3+. The number of hydrogen-bond acceptors (Lipinski definition) is 2. The first kappa shape index (κ1) is 8.59. The summed E-state index contributed by atoms with van der Waals surface area (Å²) in [6.45, 7) is 0. The van der Waals surface area contributed by atoms with Crippen LogP contribution in [-0.4, -0.2) is 13.5 Å². The summed E-state index contributed by atoms with van der Waals surface area (Å²) >= 11 is 0. The number of allylic oxidation sites excluding steroid dienone is 1. The normalized spacial score (nSPS) is 10.3. The zero-order chi connectivity index (χ0) is 8.97. The van der Waals surface area contributed by atoms with E-state index in [0.717, 1.165) is 11.3 Å². The molecule has 0 aliphatic heterocycles. The molecule has 1 aromatic rings. The van der Waals surface area contributed by atoms with Gasteiger partial charge >= 0.3 is 0 Å². The lowest BCUT2D eigenvalue weighted by molar-refractivity contribution is -0.107. The zero-order valence-electron chi connectivity index (χ0n) is 6.95. The summed E-state index contributed by atoms with van der Waals surface area (Å²) in [6, 6.07) is 7.35. The van der Waals surface area contributed by atoms with Gasteiger partial charge in [-0.15, -0.1) is 0 Å². The van der Waals surface area contributed by atoms with Gasteiger partial charge in [-0.3, -0.25) is 0 Å². The maximum absolute atomic E-state index is 10.6. The smallest absolute Gasteiger partial charge is 0.192 e. The summed E-state index contributed by atoms with van der Waals surface area (Å²) < 4.78 is 0. The Labute approximate surface area is 72.5 Å². The first-order chi connectivity index (χ1) is 5.68. The molecule has 0 fully saturated rings. The average Bonchev–Trinajstić information content (AvgIpc) is 2.03. The van der Waals surface area contributed by atoms with E-state index in [2.05, 4.69) is 0 Å². The molecule has 0 aliphatic rings. The zero-order valence-corrected chi connectivity index (χ0v) is 6.95. The van der Waals surface area contributed by atoms with Gasteiger partial charge in [0.2, 0.25) is 0 Å². The van der Waals surface area contributed by atoms with Crippen LogP contribution < -0.4 is 5.73 Å². The first-order valence-corrected chi connectivity index (χ1v) is 3.72. The van der Waals surface area contributed by atoms with Gasteiger partial charge in [-0.2, -0.15) is 0 Å². The summed E-state index contributed by atoms with van der Waals surface area (Å²) in [5, 5.41) is 0. The van der Waals surface area contributed by atoms with Crippen molar-refractivity contribution in [3.8, 4) is 0 Å². The van der Waals surface area contributed by atoms with Gasteiger partial charge in [-0.25, -0.2) is 0 Å². The lowest BCUT2D eigenvalue weighted by Crippen LogP contribution is -1.87. The van der Waals surface area contributed by atoms with Crippen LogP contribution in [-0.2, 0) is 4.79 Å². The second-order valence-corrected chi connectivity index (χ2v) is 2.61. The third-order valence-electron chi connectivity index (χ3n) is 1.45. The lowest BCUT2D eigenvalue weighted by atomic mass is 10.0. The van der Waals surface area contributed by atoms with Crippen LogP contribution in [0.4, 0.5) is 5.69 Å². The van der Waals surface area contributed by atoms with Crippen molar-refractivity contribution in [2.45, 2.75) is 0 Å². The Morgan fingerprint density at radius 3 is 2.42 bits per heavy atom. The third-order valence-corrected chi connectivity index (χ3v) is 1.45. The molecule has 12 heavy (non-hydrogen) atoms. The van der Waals surface area contributed by atoms with Crippen molar-refractivity contribution in [3.63, 3.8) is 0 Å². The van der Waals surface area contributed by atoms with Crippen molar-refractivity contribution in [2.24, 2.45) is 0 Å². The number of nitrogens with two attached hydrogens (primary N) is 1. The molecule has 0 spiro atoms. The van der Waals surface area contributed by atoms with Gasteiger partial charge in [0.1, 0.15) is 5.68 Å². The molecule has 0 heterocycles. The largest absolute Gasteiger partial charge is 0.399 e. The van der Waals surface area contributed by atoms with E-state index in [1.54, 1.807) is 18.2 Å². The highest BCUT2D eigenvalue weighted by Crippen LogP contribution is 2.06. The van der Waals surface area contributed by atoms with E-state index >= 15 is 0 Å². The summed E-state index contributed by atoms with van der Waals surface area (Å²) in [5.41, 5.74) is 7.26. The Morgan fingerprint density at radius 2 is 1.92 bits per heavy atom. The minimum Gasteiger partial charge on any atom is -0.399 e. The molecule has 0 aliphatic carbocycles. The molecule has 1 aromatic carbocycles. The molecule has 0 amide bonds. The number of rotatable bonds is 2. The fraction of sp³-hybridized carbons (Fsp3) is 0. The summed E-state index contributed by atoms with van der Waals surface area (Å²) in [4.78, 5) is 10.6. The van der Waals surface area contributed by atoms with Crippen LogP contribution in [0, 0.1) is 0 Å². The molecule has 0 atom stereocenters. The van der Waals surface area contributed by atoms with E-state index in [-0.39, 0.29) is 5.68 Å². The molecule has 2 N–H and O–H groups in total. The van der Waals surface area contributed by atoms with Crippen LogP contribution in [0.5, 0.6) is 0 Å².